The molecule has 1 rings (SSSR count). The van der Waals surface area contributed by atoms with Gasteiger partial charge in [0.25, 0.3) is 0 Å². The molecule has 1 N–H and O–H groups in total. The summed E-state index contributed by atoms with van der Waals surface area (Å²) >= 11 is 0. The van der Waals surface area contributed by atoms with Crippen molar-refractivity contribution in [3.05, 3.63) is 5.21 Å². The Morgan fingerprint density at radius 1 is 1.29 bits per heavy atom. The molecule has 0 spiro atoms. The lowest BCUT2D eigenvalue weighted by molar-refractivity contribution is -0.183. The molecule has 1 fully saturated rings. The summed E-state index contributed by atoms with van der Waals surface area (Å²) in [5.74, 6) is -0.630. The fourth-order valence-electron chi connectivity index (χ4n) is 2.87. The first-order chi connectivity index (χ1) is 7.55. The number of rotatable bonds is 2. The third-order valence-corrected chi connectivity index (χ3v) is 3.21. The maximum Gasteiger partial charge on any atom is 0.338 e. The minimum absolute atomic E-state index is 0.0891. The molecule has 100 valence electrons. The maximum atomic E-state index is 12.1. The number of hydroxylamine groups is 2. The molecule has 5 heteroatoms. The van der Waals surface area contributed by atoms with Gasteiger partial charge in [0.2, 0.25) is 0 Å². The van der Waals surface area contributed by atoms with E-state index in [9.17, 15) is 15.1 Å². The molecular formula is C12H22NO4-. The Hall–Kier alpha value is -0.650. The van der Waals surface area contributed by atoms with Gasteiger partial charge < -0.3 is 20.1 Å². The first-order valence-corrected chi connectivity index (χ1v) is 5.92. The fourth-order valence-corrected chi connectivity index (χ4v) is 2.87. The van der Waals surface area contributed by atoms with Crippen LogP contribution in [0, 0.1) is 5.21 Å². The zero-order valence-corrected chi connectivity index (χ0v) is 11.2. The van der Waals surface area contributed by atoms with Gasteiger partial charge in [-0.25, -0.2) is 4.79 Å². The molecule has 1 heterocycles. The van der Waals surface area contributed by atoms with Crippen molar-refractivity contribution in [2.45, 2.75) is 64.1 Å². The quantitative estimate of drug-likeness (QED) is 0.744. The molecule has 0 aliphatic carbocycles. The van der Waals surface area contributed by atoms with Crippen LogP contribution in [0.3, 0.4) is 0 Å². The van der Waals surface area contributed by atoms with E-state index >= 15 is 0 Å². The largest absolute Gasteiger partial charge is 0.784 e. The summed E-state index contributed by atoms with van der Waals surface area (Å²) < 4.78 is 4.90. The van der Waals surface area contributed by atoms with E-state index < -0.39 is 22.6 Å². The molecule has 0 aromatic heterocycles. The van der Waals surface area contributed by atoms with Gasteiger partial charge in [-0.15, -0.1) is 0 Å². The maximum absolute atomic E-state index is 12.1. The molecule has 1 aliphatic rings. The van der Waals surface area contributed by atoms with E-state index in [2.05, 4.69) is 0 Å². The normalized spacial score (nSPS) is 26.5. The summed E-state index contributed by atoms with van der Waals surface area (Å²) in [6, 6.07) is 0. The number of hydrogen-bond donors (Lipinski definition) is 1. The second-order valence-corrected chi connectivity index (χ2v) is 6.02. The van der Waals surface area contributed by atoms with Gasteiger partial charge in [0.15, 0.2) is 5.60 Å². The highest BCUT2D eigenvalue weighted by Gasteiger charge is 2.52. The van der Waals surface area contributed by atoms with Gasteiger partial charge in [-0.05, 0) is 34.6 Å². The van der Waals surface area contributed by atoms with Crippen molar-refractivity contribution >= 4 is 5.97 Å². The van der Waals surface area contributed by atoms with Crippen LogP contribution in [0.25, 0.3) is 0 Å². The average Bonchev–Trinajstić information content (AvgIpc) is 2.13. The standard InChI is InChI=1S/C12H22NO4/c1-6-17-9(14)12(15)7-10(2,3)13(16)11(4,5)8-12/h15H,6-8H2,1-5H3/q-1. The number of aliphatic hydroxyl groups is 1. The van der Waals surface area contributed by atoms with Gasteiger partial charge in [0.1, 0.15) is 0 Å². The van der Waals surface area contributed by atoms with Crippen LogP contribution in [0.4, 0.5) is 0 Å². The molecule has 0 atom stereocenters. The monoisotopic (exact) mass is 244 g/mol. The highest BCUT2D eigenvalue weighted by Crippen LogP contribution is 2.43. The minimum atomic E-state index is -1.57. The molecule has 17 heavy (non-hydrogen) atoms. The number of carbonyl (C=O) groups is 1. The molecule has 0 bridgehead atoms. The van der Waals surface area contributed by atoms with Crippen LogP contribution in [0.1, 0.15) is 47.5 Å². The SMILES string of the molecule is CCOC(=O)C1(O)CC(C)(C)N([O-])C(C)(C)C1. The molecule has 0 radical (unpaired) electrons. The highest BCUT2D eigenvalue weighted by molar-refractivity contribution is 5.79. The van der Waals surface area contributed by atoms with Crippen LogP contribution in [-0.4, -0.2) is 39.4 Å². The molecular weight excluding hydrogens is 222 g/mol. The second kappa shape index (κ2) is 4.23. The average molecular weight is 244 g/mol. The van der Waals surface area contributed by atoms with Crippen LogP contribution < -0.4 is 0 Å². The lowest BCUT2D eigenvalue weighted by Gasteiger charge is -2.61. The number of carbonyl (C=O) groups excluding carboxylic acids is 1. The van der Waals surface area contributed by atoms with Gasteiger partial charge in [-0.3, -0.25) is 0 Å². The van der Waals surface area contributed by atoms with E-state index in [1.54, 1.807) is 34.6 Å². The smallest absolute Gasteiger partial charge is 0.338 e. The number of hydrogen-bond acceptors (Lipinski definition) is 5. The summed E-state index contributed by atoms with van der Waals surface area (Å²) in [7, 11) is 0. The van der Waals surface area contributed by atoms with Gasteiger partial charge >= 0.3 is 5.97 Å². The van der Waals surface area contributed by atoms with E-state index in [4.69, 9.17) is 4.74 Å². The number of piperidine rings is 1. The molecule has 5 nitrogen and oxygen atoms in total. The van der Waals surface area contributed by atoms with E-state index in [-0.39, 0.29) is 19.4 Å². The van der Waals surface area contributed by atoms with Crippen molar-refractivity contribution in [1.82, 2.24) is 5.06 Å². The molecule has 1 aliphatic heterocycles. The van der Waals surface area contributed by atoms with Crippen LogP contribution in [0.5, 0.6) is 0 Å². The Kier molecular flexibility index (Phi) is 3.58. The van der Waals surface area contributed by atoms with E-state index in [0.717, 1.165) is 5.06 Å². The summed E-state index contributed by atoms with van der Waals surface area (Å²) in [6.07, 6.45) is 0.178. The minimum Gasteiger partial charge on any atom is -0.784 e. The first kappa shape index (κ1) is 14.4. The van der Waals surface area contributed by atoms with E-state index in [0.29, 0.717) is 0 Å². The van der Waals surface area contributed by atoms with Crippen molar-refractivity contribution in [3.63, 3.8) is 0 Å². The Balaban J connectivity index is 3.02. The summed E-state index contributed by atoms with van der Waals surface area (Å²) in [4.78, 5) is 11.8. The van der Waals surface area contributed by atoms with Crippen molar-refractivity contribution in [2.24, 2.45) is 0 Å². The van der Waals surface area contributed by atoms with Gasteiger partial charge in [-0.1, -0.05) is 0 Å². The van der Waals surface area contributed by atoms with Gasteiger partial charge in [0.05, 0.1) is 6.61 Å². The Labute approximate surface area is 102 Å². The summed E-state index contributed by atoms with van der Waals surface area (Å²) in [5.41, 5.74) is -3.14. The lowest BCUT2D eigenvalue weighted by atomic mass is 9.72. The van der Waals surface area contributed by atoms with Crippen molar-refractivity contribution in [2.75, 3.05) is 6.61 Å². The molecule has 0 aromatic rings. The van der Waals surface area contributed by atoms with Crippen molar-refractivity contribution in [3.8, 4) is 0 Å². The van der Waals surface area contributed by atoms with Crippen LogP contribution in [0.15, 0.2) is 0 Å². The van der Waals surface area contributed by atoms with Crippen molar-refractivity contribution < 1.29 is 14.6 Å². The van der Waals surface area contributed by atoms with E-state index in [1.165, 1.54) is 0 Å². The van der Waals surface area contributed by atoms with Crippen LogP contribution in [-0.2, 0) is 9.53 Å². The highest BCUT2D eigenvalue weighted by atomic mass is 16.6. The van der Waals surface area contributed by atoms with Gasteiger partial charge in [-0.2, -0.15) is 0 Å². The summed E-state index contributed by atoms with van der Waals surface area (Å²) in [5, 5.41) is 23.5. The van der Waals surface area contributed by atoms with E-state index in [1.807, 2.05) is 0 Å². The number of nitrogens with zero attached hydrogens (tertiary/aromatic N) is 1. The Bertz CT molecular complexity index is 294. The van der Waals surface area contributed by atoms with Crippen molar-refractivity contribution in [1.29, 1.82) is 0 Å². The first-order valence-electron chi connectivity index (χ1n) is 5.92. The zero-order valence-electron chi connectivity index (χ0n) is 11.2. The van der Waals surface area contributed by atoms with Gasteiger partial charge in [0, 0.05) is 23.9 Å². The van der Waals surface area contributed by atoms with Crippen LogP contribution in [0.2, 0.25) is 0 Å². The predicted octanol–water partition coefficient (Wildman–Crippen LogP) is 1.43. The molecule has 0 amide bonds. The molecule has 0 aromatic carbocycles. The Morgan fingerprint density at radius 2 is 1.71 bits per heavy atom. The predicted molar refractivity (Wildman–Crippen MR) is 64.2 cm³/mol. The third kappa shape index (κ3) is 2.61. The van der Waals surface area contributed by atoms with Crippen LogP contribution >= 0.6 is 0 Å². The number of esters is 1. The third-order valence-electron chi connectivity index (χ3n) is 3.21. The lowest BCUT2D eigenvalue weighted by Crippen LogP contribution is -2.65. The molecule has 0 unspecified atom stereocenters. The zero-order chi connectivity index (χ0) is 13.5. The molecule has 0 saturated carbocycles. The number of ether oxygens (including phenoxy) is 1. The Morgan fingerprint density at radius 3 is 2.06 bits per heavy atom. The fraction of sp³-hybridized carbons (Fsp3) is 0.917. The molecule has 1 saturated heterocycles. The topological polar surface area (TPSA) is 72.8 Å². The summed E-state index contributed by atoms with van der Waals surface area (Å²) in [6.45, 7) is 8.83. The second-order valence-electron chi connectivity index (χ2n) is 6.02.